The second-order valence-corrected chi connectivity index (χ2v) is 3.94. The average molecular weight is 200 g/mol. The van der Waals surface area contributed by atoms with E-state index >= 15 is 0 Å². The molecule has 14 heavy (non-hydrogen) atoms. The largest absolute Gasteiger partial charge is 0.385 e. The van der Waals surface area contributed by atoms with Crippen molar-refractivity contribution in [1.82, 2.24) is 10.2 Å². The minimum absolute atomic E-state index is 0.0463. The summed E-state index contributed by atoms with van der Waals surface area (Å²) in [5.74, 6) is 0.195. The number of hydrogen-bond acceptors (Lipinski definition) is 3. The van der Waals surface area contributed by atoms with E-state index in [0.717, 1.165) is 6.42 Å². The van der Waals surface area contributed by atoms with Gasteiger partial charge in [-0.3, -0.25) is 10.1 Å². The summed E-state index contributed by atoms with van der Waals surface area (Å²) in [7, 11) is 1.68. The number of rotatable bonds is 4. The van der Waals surface area contributed by atoms with Gasteiger partial charge in [-0.05, 0) is 27.2 Å². The summed E-state index contributed by atoms with van der Waals surface area (Å²) >= 11 is 0. The maximum atomic E-state index is 11.7. The van der Waals surface area contributed by atoms with Crippen molar-refractivity contribution in [1.29, 1.82) is 0 Å². The summed E-state index contributed by atoms with van der Waals surface area (Å²) in [4.78, 5) is 13.6. The zero-order chi connectivity index (χ0) is 10.7. The quantitative estimate of drug-likeness (QED) is 0.721. The van der Waals surface area contributed by atoms with E-state index in [4.69, 9.17) is 4.74 Å². The predicted molar refractivity (Wildman–Crippen MR) is 54.9 cm³/mol. The zero-order valence-electron chi connectivity index (χ0n) is 9.41. The van der Waals surface area contributed by atoms with Gasteiger partial charge in [-0.1, -0.05) is 0 Å². The van der Waals surface area contributed by atoms with E-state index in [1.54, 1.807) is 7.11 Å². The SMILES string of the molecule is COCCC(C)N1C(=O)C(C)NC1C. The smallest absolute Gasteiger partial charge is 0.240 e. The molecule has 1 fully saturated rings. The van der Waals surface area contributed by atoms with Crippen LogP contribution in [0.2, 0.25) is 0 Å². The maximum Gasteiger partial charge on any atom is 0.240 e. The van der Waals surface area contributed by atoms with Crippen LogP contribution in [0.15, 0.2) is 0 Å². The number of nitrogens with one attached hydrogen (secondary N) is 1. The third-order valence-electron chi connectivity index (χ3n) is 2.75. The van der Waals surface area contributed by atoms with Crippen LogP contribution in [0.1, 0.15) is 27.2 Å². The van der Waals surface area contributed by atoms with E-state index in [1.807, 2.05) is 18.7 Å². The minimum Gasteiger partial charge on any atom is -0.385 e. The molecule has 0 aliphatic carbocycles. The first-order chi connectivity index (χ1) is 6.57. The molecule has 3 atom stereocenters. The first-order valence-corrected chi connectivity index (χ1v) is 5.15. The molecule has 0 saturated carbocycles. The summed E-state index contributed by atoms with van der Waals surface area (Å²) in [6.45, 7) is 6.69. The summed E-state index contributed by atoms with van der Waals surface area (Å²) < 4.78 is 5.01. The van der Waals surface area contributed by atoms with Gasteiger partial charge in [0.2, 0.25) is 5.91 Å². The second kappa shape index (κ2) is 4.75. The van der Waals surface area contributed by atoms with Crippen molar-refractivity contribution in [2.75, 3.05) is 13.7 Å². The normalized spacial score (nSPS) is 29.7. The van der Waals surface area contributed by atoms with Gasteiger partial charge in [0.25, 0.3) is 0 Å². The van der Waals surface area contributed by atoms with Gasteiger partial charge in [0.15, 0.2) is 0 Å². The first-order valence-electron chi connectivity index (χ1n) is 5.15. The fraction of sp³-hybridized carbons (Fsp3) is 0.900. The van der Waals surface area contributed by atoms with Crippen LogP contribution in [0.3, 0.4) is 0 Å². The molecule has 1 amide bonds. The molecular weight excluding hydrogens is 180 g/mol. The molecule has 0 radical (unpaired) electrons. The molecule has 1 rings (SSSR count). The number of amides is 1. The second-order valence-electron chi connectivity index (χ2n) is 3.94. The van der Waals surface area contributed by atoms with Crippen LogP contribution < -0.4 is 5.32 Å². The predicted octanol–water partition coefficient (Wildman–Crippen LogP) is 0.578. The molecule has 1 N–H and O–H groups in total. The number of hydrogen-bond donors (Lipinski definition) is 1. The van der Waals surface area contributed by atoms with Crippen LogP contribution >= 0.6 is 0 Å². The van der Waals surface area contributed by atoms with Gasteiger partial charge in [0.1, 0.15) is 0 Å². The van der Waals surface area contributed by atoms with Gasteiger partial charge >= 0.3 is 0 Å². The fourth-order valence-corrected chi connectivity index (χ4v) is 1.95. The molecule has 1 aliphatic rings. The van der Waals surface area contributed by atoms with Gasteiger partial charge in [-0.15, -0.1) is 0 Å². The van der Waals surface area contributed by atoms with Crippen molar-refractivity contribution in [3.05, 3.63) is 0 Å². The monoisotopic (exact) mass is 200 g/mol. The Balaban J connectivity index is 2.53. The van der Waals surface area contributed by atoms with Gasteiger partial charge in [-0.25, -0.2) is 0 Å². The number of carbonyl (C=O) groups excluding carboxylic acids is 1. The van der Waals surface area contributed by atoms with Crippen molar-refractivity contribution in [3.63, 3.8) is 0 Å². The molecular formula is C10H20N2O2. The highest BCUT2D eigenvalue weighted by Gasteiger charge is 2.35. The van der Waals surface area contributed by atoms with Crippen molar-refractivity contribution in [2.45, 2.75) is 45.4 Å². The molecule has 0 spiro atoms. The molecule has 82 valence electrons. The Bertz CT molecular complexity index is 208. The molecule has 0 aromatic heterocycles. The van der Waals surface area contributed by atoms with Crippen LogP contribution in [0.25, 0.3) is 0 Å². The Labute approximate surface area is 85.6 Å². The molecule has 0 bridgehead atoms. The van der Waals surface area contributed by atoms with Crippen LogP contribution in [-0.2, 0) is 9.53 Å². The van der Waals surface area contributed by atoms with Gasteiger partial charge in [0.05, 0.1) is 12.2 Å². The molecule has 1 heterocycles. The number of methoxy groups -OCH3 is 1. The number of ether oxygens (including phenoxy) is 1. The van der Waals surface area contributed by atoms with Crippen LogP contribution in [0, 0.1) is 0 Å². The lowest BCUT2D eigenvalue weighted by atomic mass is 10.2. The fourth-order valence-electron chi connectivity index (χ4n) is 1.95. The molecule has 4 nitrogen and oxygen atoms in total. The Morgan fingerprint density at radius 2 is 2.21 bits per heavy atom. The molecule has 4 heteroatoms. The highest BCUT2D eigenvalue weighted by Crippen LogP contribution is 2.15. The van der Waals surface area contributed by atoms with E-state index < -0.39 is 0 Å². The average Bonchev–Trinajstić information content (AvgIpc) is 2.38. The van der Waals surface area contributed by atoms with Crippen LogP contribution in [-0.4, -0.2) is 42.8 Å². The summed E-state index contributed by atoms with van der Waals surface area (Å²) in [6, 6.07) is 0.199. The number of nitrogens with zero attached hydrogens (tertiary/aromatic N) is 1. The summed E-state index contributed by atoms with van der Waals surface area (Å²) in [6.07, 6.45) is 1.03. The third kappa shape index (κ3) is 2.25. The highest BCUT2D eigenvalue weighted by atomic mass is 16.5. The topological polar surface area (TPSA) is 41.6 Å². The molecule has 0 aromatic carbocycles. The van der Waals surface area contributed by atoms with E-state index in [1.165, 1.54) is 0 Å². The van der Waals surface area contributed by atoms with E-state index in [2.05, 4.69) is 12.2 Å². The lowest BCUT2D eigenvalue weighted by molar-refractivity contribution is -0.131. The Morgan fingerprint density at radius 3 is 2.64 bits per heavy atom. The highest BCUT2D eigenvalue weighted by molar-refractivity contribution is 5.84. The standard InChI is InChI=1S/C10H20N2O2/c1-7(5-6-14-4)12-9(3)11-8(2)10(12)13/h7-9,11H,5-6H2,1-4H3. The van der Waals surface area contributed by atoms with E-state index in [-0.39, 0.29) is 24.2 Å². The Hall–Kier alpha value is -0.610. The van der Waals surface area contributed by atoms with Crippen LogP contribution in [0.5, 0.6) is 0 Å². The summed E-state index contributed by atoms with van der Waals surface area (Å²) in [5, 5.41) is 3.21. The van der Waals surface area contributed by atoms with Gasteiger partial charge in [0, 0.05) is 19.8 Å². The Morgan fingerprint density at radius 1 is 1.57 bits per heavy atom. The van der Waals surface area contributed by atoms with Gasteiger partial charge < -0.3 is 9.64 Å². The lowest BCUT2D eigenvalue weighted by Crippen LogP contribution is -2.42. The van der Waals surface area contributed by atoms with E-state index in [9.17, 15) is 4.79 Å². The summed E-state index contributed by atoms with van der Waals surface area (Å²) in [5.41, 5.74) is 0. The maximum absolute atomic E-state index is 11.7. The van der Waals surface area contributed by atoms with Crippen molar-refractivity contribution in [3.8, 4) is 0 Å². The van der Waals surface area contributed by atoms with Crippen molar-refractivity contribution < 1.29 is 9.53 Å². The van der Waals surface area contributed by atoms with E-state index in [0.29, 0.717) is 6.61 Å². The molecule has 1 saturated heterocycles. The number of carbonyl (C=O) groups is 1. The van der Waals surface area contributed by atoms with Crippen molar-refractivity contribution in [2.24, 2.45) is 0 Å². The zero-order valence-corrected chi connectivity index (χ0v) is 9.41. The van der Waals surface area contributed by atoms with Gasteiger partial charge in [-0.2, -0.15) is 0 Å². The van der Waals surface area contributed by atoms with Crippen molar-refractivity contribution >= 4 is 5.91 Å². The van der Waals surface area contributed by atoms with Crippen LogP contribution in [0.4, 0.5) is 0 Å². The lowest BCUT2D eigenvalue weighted by Gasteiger charge is -2.28. The Kier molecular flexibility index (Phi) is 3.89. The molecule has 1 aliphatic heterocycles. The third-order valence-corrected chi connectivity index (χ3v) is 2.75. The molecule has 3 unspecified atom stereocenters. The first kappa shape index (κ1) is 11.5. The molecule has 0 aromatic rings. The minimum atomic E-state index is -0.0463.